The van der Waals surface area contributed by atoms with E-state index in [1.165, 1.54) is 0 Å². The fourth-order valence-corrected chi connectivity index (χ4v) is 2.93. The first-order valence-corrected chi connectivity index (χ1v) is 7.82. The Morgan fingerprint density at radius 2 is 2.09 bits per heavy atom. The second-order valence-corrected chi connectivity index (χ2v) is 5.96. The van der Waals surface area contributed by atoms with Crippen LogP contribution in [-0.2, 0) is 0 Å². The summed E-state index contributed by atoms with van der Waals surface area (Å²) in [6.45, 7) is 1.92. The van der Waals surface area contributed by atoms with Crippen LogP contribution in [0.3, 0.4) is 0 Å². The summed E-state index contributed by atoms with van der Waals surface area (Å²) in [5, 5.41) is 8.34. The molecule has 0 radical (unpaired) electrons. The normalized spacial score (nSPS) is 15.0. The molecule has 1 saturated heterocycles. The van der Waals surface area contributed by atoms with Crippen LogP contribution in [0, 0.1) is 0 Å². The van der Waals surface area contributed by atoms with E-state index in [-0.39, 0.29) is 24.4 Å². The van der Waals surface area contributed by atoms with E-state index in [1.807, 2.05) is 36.2 Å². The topological polar surface area (TPSA) is 50.2 Å². The zero-order chi connectivity index (χ0) is 15.5. The van der Waals surface area contributed by atoms with Gasteiger partial charge in [0.25, 0.3) is 5.91 Å². The largest absolute Gasteiger partial charge is 0.337 e. The number of aromatic nitrogens is 2. The molecule has 1 amide bonds. The van der Waals surface area contributed by atoms with Crippen molar-refractivity contribution in [2.45, 2.75) is 18.9 Å². The highest BCUT2D eigenvalue weighted by Crippen LogP contribution is 2.16. The van der Waals surface area contributed by atoms with Crippen molar-refractivity contribution in [2.75, 3.05) is 20.1 Å². The Hall–Kier alpha value is -1.56. The van der Waals surface area contributed by atoms with Gasteiger partial charge in [-0.05, 0) is 50.2 Å². The molecule has 23 heavy (non-hydrogen) atoms. The summed E-state index contributed by atoms with van der Waals surface area (Å²) < 4.78 is 1.68. The Morgan fingerprint density at radius 3 is 2.78 bits per heavy atom. The zero-order valence-electron chi connectivity index (χ0n) is 12.9. The Bertz CT molecular complexity index is 668. The molecular formula is C16H20Cl2N4O. The summed E-state index contributed by atoms with van der Waals surface area (Å²) in [5.41, 5.74) is 1.30. The van der Waals surface area contributed by atoms with Gasteiger partial charge in [-0.1, -0.05) is 17.7 Å². The summed E-state index contributed by atoms with van der Waals surface area (Å²) in [5.74, 6) is -0.0346. The molecule has 0 atom stereocenters. The van der Waals surface area contributed by atoms with Gasteiger partial charge in [-0.2, -0.15) is 5.10 Å². The van der Waals surface area contributed by atoms with Crippen molar-refractivity contribution >= 4 is 29.9 Å². The number of carbonyl (C=O) groups is 1. The highest BCUT2D eigenvalue weighted by Gasteiger charge is 2.24. The van der Waals surface area contributed by atoms with E-state index in [1.54, 1.807) is 16.9 Å². The van der Waals surface area contributed by atoms with Gasteiger partial charge in [-0.15, -0.1) is 12.4 Å². The molecule has 7 heteroatoms. The monoisotopic (exact) mass is 354 g/mol. The molecule has 1 aliphatic rings. The standard InChI is InChI=1S/C16H19ClN4O.ClH/c1-20(13-5-8-18-9-6-13)16(22)15-7-10-21(19-15)14-4-2-3-12(17)11-14;/h2-4,7,10-11,13,18H,5-6,8-9H2,1H3;1H. The first-order valence-electron chi connectivity index (χ1n) is 7.44. The number of nitrogens with zero attached hydrogens (tertiary/aromatic N) is 3. The van der Waals surface area contributed by atoms with Crippen molar-refractivity contribution in [3.8, 4) is 5.69 Å². The van der Waals surface area contributed by atoms with Gasteiger partial charge in [0.15, 0.2) is 5.69 Å². The summed E-state index contributed by atoms with van der Waals surface area (Å²) >= 11 is 5.99. The van der Waals surface area contributed by atoms with Crippen molar-refractivity contribution in [1.82, 2.24) is 20.0 Å². The van der Waals surface area contributed by atoms with Crippen LogP contribution < -0.4 is 5.32 Å². The van der Waals surface area contributed by atoms with Gasteiger partial charge in [0.05, 0.1) is 5.69 Å². The third-order valence-corrected chi connectivity index (χ3v) is 4.29. The Kier molecular flexibility index (Phi) is 6.04. The lowest BCUT2D eigenvalue weighted by molar-refractivity contribution is 0.0697. The van der Waals surface area contributed by atoms with Gasteiger partial charge in [-0.3, -0.25) is 4.79 Å². The minimum Gasteiger partial charge on any atom is -0.337 e. The lowest BCUT2D eigenvalue weighted by Gasteiger charge is -2.31. The second-order valence-electron chi connectivity index (χ2n) is 5.52. The minimum absolute atomic E-state index is 0. The molecule has 1 aliphatic heterocycles. The minimum atomic E-state index is -0.0346. The molecule has 124 valence electrons. The van der Waals surface area contributed by atoms with Crippen LogP contribution in [0.25, 0.3) is 5.69 Å². The van der Waals surface area contributed by atoms with Gasteiger partial charge in [0.1, 0.15) is 0 Å². The van der Waals surface area contributed by atoms with E-state index in [2.05, 4.69) is 10.4 Å². The van der Waals surface area contributed by atoms with E-state index in [0.717, 1.165) is 31.6 Å². The molecule has 0 unspecified atom stereocenters. The van der Waals surface area contributed by atoms with E-state index < -0.39 is 0 Å². The lowest BCUT2D eigenvalue weighted by atomic mass is 10.1. The van der Waals surface area contributed by atoms with Crippen LogP contribution in [0.4, 0.5) is 0 Å². The van der Waals surface area contributed by atoms with Crippen molar-refractivity contribution < 1.29 is 4.79 Å². The van der Waals surface area contributed by atoms with E-state index in [0.29, 0.717) is 10.7 Å². The van der Waals surface area contributed by atoms with Crippen molar-refractivity contribution in [3.05, 3.63) is 47.2 Å². The van der Waals surface area contributed by atoms with E-state index in [4.69, 9.17) is 11.6 Å². The third-order valence-electron chi connectivity index (χ3n) is 4.06. The zero-order valence-corrected chi connectivity index (χ0v) is 14.5. The molecule has 2 aromatic rings. The number of benzene rings is 1. The maximum Gasteiger partial charge on any atom is 0.274 e. The first kappa shape index (κ1) is 17.8. The summed E-state index contributed by atoms with van der Waals surface area (Å²) in [4.78, 5) is 14.4. The summed E-state index contributed by atoms with van der Waals surface area (Å²) in [6, 6.07) is 9.43. The third kappa shape index (κ3) is 4.05. The second kappa shape index (κ2) is 7.81. The molecule has 3 rings (SSSR count). The highest BCUT2D eigenvalue weighted by molar-refractivity contribution is 6.30. The molecule has 2 heterocycles. The average molecular weight is 355 g/mol. The molecule has 0 spiro atoms. The lowest BCUT2D eigenvalue weighted by Crippen LogP contribution is -2.44. The van der Waals surface area contributed by atoms with Gasteiger partial charge in [-0.25, -0.2) is 4.68 Å². The van der Waals surface area contributed by atoms with Crippen molar-refractivity contribution in [1.29, 1.82) is 0 Å². The van der Waals surface area contributed by atoms with Gasteiger partial charge in [0.2, 0.25) is 0 Å². The van der Waals surface area contributed by atoms with E-state index >= 15 is 0 Å². The quantitative estimate of drug-likeness (QED) is 0.921. The Morgan fingerprint density at radius 1 is 1.35 bits per heavy atom. The number of amides is 1. The Balaban J connectivity index is 0.00000192. The van der Waals surface area contributed by atoms with Crippen LogP contribution in [0.5, 0.6) is 0 Å². The van der Waals surface area contributed by atoms with Crippen LogP contribution in [0.2, 0.25) is 5.02 Å². The summed E-state index contributed by atoms with van der Waals surface area (Å²) in [7, 11) is 1.86. The maximum atomic E-state index is 12.6. The van der Waals surface area contributed by atoms with Gasteiger partial charge in [0, 0.05) is 24.3 Å². The molecule has 1 aromatic carbocycles. The number of halogens is 2. The first-order chi connectivity index (χ1) is 10.6. The van der Waals surface area contributed by atoms with Crippen LogP contribution in [0.15, 0.2) is 36.5 Å². The SMILES string of the molecule is CN(C(=O)c1ccn(-c2cccc(Cl)c2)n1)C1CCNCC1.Cl. The molecular weight excluding hydrogens is 335 g/mol. The highest BCUT2D eigenvalue weighted by atomic mass is 35.5. The number of nitrogens with one attached hydrogen (secondary N) is 1. The van der Waals surface area contributed by atoms with Crippen molar-refractivity contribution in [2.24, 2.45) is 0 Å². The number of rotatable bonds is 3. The molecule has 0 bridgehead atoms. The van der Waals surface area contributed by atoms with Gasteiger partial charge >= 0.3 is 0 Å². The van der Waals surface area contributed by atoms with E-state index in [9.17, 15) is 4.79 Å². The number of piperidine rings is 1. The molecule has 5 nitrogen and oxygen atoms in total. The molecule has 0 saturated carbocycles. The molecule has 1 fully saturated rings. The van der Waals surface area contributed by atoms with Crippen LogP contribution >= 0.6 is 24.0 Å². The number of hydrogen-bond donors (Lipinski definition) is 1. The summed E-state index contributed by atoms with van der Waals surface area (Å²) in [6.07, 6.45) is 3.75. The van der Waals surface area contributed by atoms with Crippen molar-refractivity contribution in [3.63, 3.8) is 0 Å². The Labute approximate surface area is 147 Å². The molecule has 0 aliphatic carbocycles. The van der Waals surface area contributed by atoms with Gasteiger partial charge < -0.3 is 10.2 Å². The molecule has 1 aromatic heterocycles. The average Bonchev–Trinajstić information content (AvgIpc) is 3.04. The fourth-order valence-electron chi connectivity index (χ4n) is 2.74. The fraction of sp³-hybridized carbons (Fsp3) is 0.375. The molecule has 1 N–H and O–H groups in total. The maximum absolute atomic E-state index is 12.6. The van der Waals surface area contributed by atoms with Crippen LogP contribution in [0.1, 0.15) is 23.3 Å². The predicted molar refractivity (Wildman–Crippen MR) is 93.8 cm³/mol. The van der Waals surface area contributed by atoms with Crippen LogP contribution in [-0.4, -0.2) is 46.8 Å². The predicted octanol–water partition coefficient (Wildman–Crippen LogP) is 2.77. The number of carbonyl (C=O) groups excluding carboxylic acids is 1. The number of hydrogen-bond acceptors (Lipinski definition) is 3. The smallest absolute Gasteiger partial charge is 0.274 e.